The Morgan fingerprint density at radius 2 is 2.06 bits per heavy atom. The number of anilines is 3. The monoisotopic (exact) mass is 448 g/mol. The number of imidazole rings is 1. The van der Waals surface area contributed by atoms with E-state index in [0.29, 0.717) is 16.5 Å². The highest BCUT2D eigenvalue weighted by Crippen LogP contribution is 2.34. The van der Waals surface area contributed by atoms with E-state index in [4.69, 9.17) is 11.6 Å². The van der Waals surface area contributed by atoms with Crippen molar-refractivity contribution in [2.45, 2.75) is 17.0 Å². The molecule has 2 aromatic heterocycles. The van der Waals surface area contributed by atoms with Crippen LogP contribution in [0.25, 0.3) is 10.9 Å². The van der Waals surface area contributed by atoms with Crippen molar-refractivity contribution in [3.63, 3.8) is 0 Å². The molecule has 0 aliphatic carbocycles. The quantitative estimate of drug-likeness (QED) is 0.266. The number of hydrogen-bond acceptors (Lipinski definition) is 6. The van der Waals surface area contributed by atoms with Crippen LogP contribution in [0.5, 0.6) is 0 Å². The Balaban J connectivity index is 1.59. The van der Waals surface area contributed by atoms with Gasteiger partial charge >= 0.3 is 0 Å². The van der Waals surface area contributed by atoms with Crippen molar-refractivity contribution >= 4 is 57.4 Å². The molecule has 0 aliphatic heterocycles. The molecule has 4 rings (SSSR count). The molecular weight excluding hydrogens is 432 g/mol. The minimum atomic E-state index is -0.313. The van der Waals surface area contributed by atoms with Gasteiger partial charge in [0.25, 0.3) is 5.91 Å². The minimum Gasteiger partial charge on any atom is -0.340 e. The second kappa shape index (κ2) is 9.06. The summed E-state index contributed by atoms with van der Waals surface area (Å²) in [5.74, 6) is 0.283. The van der Waals surface area contributed by atoms with Gasteiger partial charge < -0.3 is 15.6 Å². The molecule has 4 aromatic rings. The van der Waals surface area contributed by atoms with Crippen LogP contribution < -0.4 is 10.6 Å². The van der Waals surface area contributed by atoms with Gasteiger partial charge in [-0.2, -0.15) is 0 Å². The maximum absolute atomic E-state index is 11.8. The lowest BCUT2D eigenvalue weighted by Crippen LogP contribution is -2.07. The van der Waals surface area contributed by atoms with E-state index in [1.807, 2.05) is 37.4 Å². The number of hydrogen-bond donors (Lipinski definition) is 3. The van der Waals surface area contributed by atoms with Crippen molar-refractivity contribution < 1.29 is 4.79 Å². The number of rotatable bonds is 6. The molecule has 1 amide bonds. The van der Waals surface area contributed by atoms with E-state index >= 15 is 0 Å². The molecule has 0 bridgehead atoms. The number of aromatic amines is 1. The number of fused-ring (bicyclic) bond motifs is 1. The zero-order valence-corrected chi connectivity index (χ0v) is 18.0. The van der Waals surface area contributed by atoms with Crippen molar-refractivity contribution in [1.82, 2.24) is 19.9 Å². The normalized spacial score (nSPS) is 10.5. The van der Waals surface area contributed by atoms with Crippen LogP contribution in [0, 0.1) is 6.92 Å². The SMILES string of the molecule is C=C=CC(=O)Nc1ccc2ncnc(Nc3ccc(Sc4nc(C)c[nH]4)c(Cl)c3)c2c1. The molecule has 0 aliphatic rings. The van der Waals surface area contributed by atoms with Crippen LogP contribution in [0.4, 0.5) is 17.2 Å². The van der Waals surface area contributed by atoms with Crippen LogP contribution >= 0.6 is 23.4 Å². The van der Waals surface area contributed by atoms with Crippen LogP contribution in [0.1, 0.15) is 5.69 Å². The third kappa shape index (κ3) is 4.95. The molecule has 3 N–H and O–H groups in total. The maximum atomic E-state index is 11.8. The second-order valence-corrected chi connectivity index (χ2v) is 7.95. The Kier molecular flexibility index (Phi) is 6.04. The summed E-state index contributed by atoms with van der Waals surface area (Å²) in [6, 6.07) is 11.1. The summed E-state index contributed by atoms with van der Waals surface area (Å²) in [5, 5.41) is 8.15. The van der Waals surface area contributed by atoms with Crippen molar-refractivity contribution in [1.29, 1.82) is 0 Å². The number of amides is 1. The summed E-state index contributed by atoms with van der Waals surface area (Å²) >= 11 is 7.94. The van der Waals surface area contributed by atoms with Crippen LogP contribution in [-0.2, 0) is 4.79 Å². The molecule has 2 heterocycles. The number of carbonyl (C=O) groups is 1. The maximum Gasteiger partial charge on any atom is 0.256 e. The molecule has 0 radical (unpaired) electrons. The average molecular weight is 449 g/mol. The van der Waals surface area contributed by atoms with Gasteiger partial charge in [0.05, 0.1) is 16.2 Å². The number of halogens is 1. The third-order valence-electron chi connectivity index (χ3n) is 4.22. The van der Waals surface area contributed by atoms with Crippen molar-refractivity contribution in [3.8, 4) is 0 Å². The van der Waals surface area contributed by atoms with Gasteiger partial charge in [-0.1, -0.05) is 29.9 Å². The van der Waals surface area contributed by atoms with Gasteiger partial charge in [0.2, 0.25) is 0 Å². The van der Waals surface area contributed by atoms with Gasteiger partial charge in [0, 0.05) is 33.9 Å². The van der Waals surface area contributed by atoms with Crippen molar-refractivity contribution in [2.24, 2.45) is 0 Å². The fourth-order valence-corrected chi connectivity index (χ4v) is 3.96. The van der Waals surface area contributed by atoms with E-state index in [1.54, 1.807) is 12.1 Å². The minimum absolute atomic E-state index is 0.313. The fourth-order valence-electron chi connectivity index (χ4n) is 2.85. The first-order valence-electron chi connectivity index (χ1n) is 9.20. The number of nitrogens with zero attached hydrogens (tertiary/aromatic N) is 3. The van der Waals surface area contributed by atoms with Crippen LogP contribution in [0.15, 0.2) is 77.4 Å². The first-order chi connectivity index (χ1) is 15.0. The highest BCUT2D eigenvalue weighted by Gasteiger charge is 2.10. The molecule has 31 heavy (non-hydrogen) atoms. The molecular formula is C22H17ClN6OS. The third-order valence-corrected chi connectivity index (χ3v) is 5.62. The summed E-state index contributed by atoms with van der Waals surface area (Å²) in [6.45, 7) is 5.33. The first-order valence-corrected chi connectivity index (χ1v) is 10.4. The van der Waals surface area contributed by atoms with Crippen LogP contribution in [-0.4, -0.2) is 25.8 Å². The molecule has 0 unspecified atom stereocenters. The zero-order valence-electron chi connectivity index (χ0n) is 16.4. The van der Waals surface area contributed by atoms with Crippen molar-refractivity contribution in [2.75, 3.05) is 10.6 Å². The number of aromatic nitrogens is 4. The number of H-pyrrole nitrogens is 1. The Hall–Kier alpha value is -3.58. The predicted molar refractivity (Wildman–Crippen MR) is 124 cm³/mol. The second-order valence-electron chi connectivity index (χ2n) is 6.51. The van der Waals surface area contributed by atoms with E-state index in [9.17, 15) is 4.79 Å². The fraction of sp³-hybridized carbons (Fsp3) is 0.0455. The molecule has 154 valence electrons. The lowest BCUT2D eigenvalue weighted by atomic mass is 10.2. The first kappa shape index (κ1) is 20.7. The van der Waals surface area contributed by atoms with E-state index in [1.165, 1.54) is 24.2 Å². The lowest BCUT2D eigenvalue weighted by Gasteiger charge is -2.11. The average Bonchev–Trinajstić information content (AvgIpc) is 3.15. The van der Waals surface area contributed by atoms with E-state index in [0.717, 1.165) is 32.3 Å². The number of nitrogens with one attached hydrogen (secondary N) is 3. The summed E-state index contributed by atoms with van der Waals surface area (Å²) < 4.78 is 0. The molecule has 0 saturated carbocycles. The molecule has 2 aromatic carbocycles. The van der Waals surface area contributed by atoms with Crippen LogP contribution in [0.2, 0.25) is 5.02 Å². The highest BCUT2D eigenvalue weighted by atomic mass is 35.5. The van der Waals surface area contributed by atoms with E-state index in [2.05, 4.69) is 42.9 Å². The lowest BCUT2D eigenvalue weighted by molar-refractivity contribution is -0.111. The van der Waals surface area contributed by atoms with Gasteiger partial charge in [-0.25, -0.2) is 15.0 Å². The number of benzene rings is 2. The van der Waals surface area contributed by atoms with Gasteiger partial charge in [-0.3, -0.25) is 4.79 Å². The number of aryl methyl sites for hydroxylation is 1. The number of carbonyl (C=O) groups excluding carboxylic acids is 1. The Morgan fingerprint density at radius 3 is 2.81 bits per heavy atom. The Bertz CT molecular complexity index is 1330. The van der Waals surface area contributed by atoms with E-state index in [-0.39, 0.29) is 5.91 Å². The molecule has 0 saturated heterocycles. The summed E-state index contributed by atoms with van der Waals surface area (Å²) in [7, 11) is 0. The molecule has 9 heteroatoms. The van der Waals surface area contributed by atoms with Gasteiger partial charge in [-0.05, 0) is 43.3 Å². The molecule has 0 atom stereocenters. The van der Waals surface area contributed by atoms with Crippen molar-refractivity contribution in [3.05, 3.63) is 78.0 Å². The summed E-state index contributed by atoms with van der Waals surface area (Å²) in [6.07, 6.45) is 4.56. The zero-order chi connectivity index (χ0) is 21.8. The standard InChI is InChI=1S/C22H17ClN6OS/c1-3-4-20(30)28-14-5-7-18-16(9-14)21(26-12-25-18)29-15-6-8-19(17(23)10-15)31-22-24-11-13(2)27-22/h4-12H,1H2,2H3,(H,24,27)(H,28,30)(H,25,26,29). The van der Waals surface area contributed by atoms with Gasteiger partial charge in [0.1, 0.15) is 12.1 Å². The van der Waals surface area contributed by atoms with Crippen LogP contribution in [0.3, 0.4) is 0 Å². The predicted octanol–water partition coefficient (Wildman–Crippen LogP) is 5.49. The molecule has 0 spiro atoms. The molecule has 0 fully saturated rings. The Labute approximate surface area is 187 Å². The van der Waals surface area contributed by atoms with E-state index < -0.39 is 0 Å². The Morgan fingerprint density at radius 1 is 1.23 bits per heavy atom. The largest absolute Gasteiger partial charge is 0.340 e. The molecule has 7 nitrogen and oxygen atoms in total. The summed E-state index contributed by atoms with van der Waals surface area (Å²) in [4.78, 5) is 28.8. The van der Waals surface area contributed by atoms with Gasteiger partial charge in [0.15, 0.2) is 5.16 Å². The van der Waals surface area contributed by atoms with Gasteiger partial charge in [-0.15, -0.1) is 5.73 Å². The highest BCUT2D eigenvalue weighted by molar-refractivity contribution is 7.99. The topological polar surface area (TPSA) is 95.6 Å². The smallest absolute Gasteiger partial charge is 0.256 e. The summed E-state index contributed by atoms with van der Waals surface area (Å²) in [5.41, 5.74) is 5.49.